The maximum atomic E-state index is 12.3. The van der Waals surface area contributed by atoms with Gasteiger partial charge in [0.15, 0.2) is 11.4 Å². The van der Waals surface area contributed by atoms with E-state index >= 15 is 0 Å². The first kappa shape index (κ1) is 19.5. The third kappa shape index (κ3) is 2.19. The molecule has 0 radical (unpaired) electrons. The highest BCUT2D eigenvalue weighted by Gasteiger charge is 2.68. The van der Waals surface area contributed by atoms with Gasteiger partial charge in [0.1, 0.15) is 6.29 Å². The summed E-state index contributed by atoms with van der Waals surface area (Å²) in [6, 6.07) is 0. The summed E-state index contributed by atoms with van der Waals surface area (Å²) < 4.78 is 0. The molecule has 6 heteroatoms. The molecular weight excluding hydrogens is 360 g/mol. The van der Waals surface area contributed by atoms with E-state index in [4.69, 9.17) is 0 Å². The molecule has 4 rings (SSSR count). The standard InChI is InChI=1S/C22H28O6/c1-11-6-13-14-4-5-22(28,19(26)27)21(14,3)9-17(25)18(13)20(2)8-12(10-23)16(24)7-15(11)20/h6-7,10,12-14,17-18,25,28H,4-5,8-9H2,1-3H3,(H,26,27). The molecule has 0 aromatic heterocycles. The van der Waals surface area contributed by atoms with Crippen LogP contribution in [-0.2, 0) is 14.4 Å². The van der Waals surface area contributed by atoms with E-state index in [0.717, 1.165) is 11.1 Å². The number of carbonyl (C=O) groups is 3. The summed E-state index contributed by atoms with van der Waals surface area (Å²) >= 11 is 0. The van der Waals surface area contributed by atoms with Crippen molar-refractivity contribution in [2.24, 2.45) is 34.5 Å². The quantitative estimate of drug-likeness (QED) is 0.492. The van der Waals surface area contributed by atoms with Gasteiger partial charge in [0.2, 0.25) is 0 Å². The number of carboxylic acids is 1. The number of carboxylic acid groups (broad SMARTS) is 1. The van der Waals surface area contributed by atoms with Gasteiger partial charge in [-0.1, -0.05) is 25.5 Å². The molecule has 0 aromatic rings. The van der Waals surface area contributed by atoms with Gasteiger partial charge in [-0.05, 0) is 61.5 Å². The molecule has 8 atom stereocenters. The van der Waals surface area contributed by atoms with Crippen molar-refractivity contribution >= 4 is 18.0 Å². The fourth-order valence-electron chi connectivity index (χ4n) is 7.16. The van der Waals surface area contributed by atoms with Crippen LogP contribution in [0.15, 0.2) is 23.3 Å². The molecular formula is C22H28O6. The summed E-state index contributed by atoms with van der Waals surface area (Å²) in [5, 5.41) is 31.9. The Hall–Kier alpha value is -1.79. The Morgan fingerprint density at radius 2 is 1.96 bits per heavy atom. The predicted molar refractivity (Wildman–Crippen MR) is 100 cm³/mol. The molecule has 0 heterocycles. The van der Waals surface area contributed by atoms with Crippen LogP contribution in [-0.4, -0.2) is 45.1 Å². The average Bonchev–Trinajstić information content (AvgIpc) is 2.88. The molecule has 0 saturated heterocycles. The lowest BCUT2D eigenvalue weighted by molar-refractivity contribution is -0.189. The van der Waals surface area contributed by atoms with E-state index in [-0.39, 0.29) is 36.4 Å². The maximum absolute atomic E-state index is 12.3. The van der Waals surface area contributed by atoms with Crippen molar-refractivity contribution < 1.29 is 29.7 Å². The largest absolute Gasteiger partial charge is 0.479 e. The number of rotatable bonds is 2. The lowest BCUT2D eigenvalue weighted by atomic mass is 9.45. The molecule has 2 fully saturated rings. The number of hydrogen-bond acceptors (Lipinski definition) is 5. The van der Waals surface area contributed by atoms with E-state index in [0.29, 0.717) is 19.1 Å². The van der Waals surface area contributed by atoms with Crippen molar-refractivity contribution in [2.75, 3.05) is 0 Å². The van der Waals surface area contributed by atoms with Crippen molar-refractivity contribution in [3.05, 3.63) is 23.3 Å². The Balaban J connectivity index is 1.85. The average molecular weight is 388 g/mol. The van der Waals surface area contributed by atoms with Crippen LogP contribution in [0.3, 0.4) is 0 Å². The number of aliphatic hydroxyl groups is 2. The second-order valence-electron chi connectivity index (χ2n) is 9.78. The third-order valence-electron chi connectivity index (χ3n) is 8.54. The molecule has 0 aromatic carbocycles. The monoisotopic (exact) mass is 388 g/mol. The highest BCUT2D eigenvalue weighted by Crippen LogP contribution is 2.67. The lowest BCUT2D eigenvalue weighted by Gasteiger charge is -2.59. The van der Waals surface area contributed by atoms with Crippen molar-refractivity contribution in [1.82, 2.24) is 0 Å². The van der Waals surface area contributed by atoms with Crippen LogP contribution in [0.5, 0.6) is 0 Å². The number of ketones is 1. The third-order valence-corrected chi connectivity index (χ3v) is 8.54. The second-order valence-corrected chi connectivity index (χ2v) is 9.78. The zero-order valence-electron chi connectivity index (χ0n) is 16.5. The van der Waals surface area contributed by atoms with Crippen LogP contribution in [0.1, 0.15) is 46.5 Å². The molecule has 0 amide bonds. The van der Waals surface area contributed by atoms with Gasteiger partial charge >= 0.3 is 5.97 Å². The normalized spacial score (nSPS) is 50.0. The zero-order chi connectivity index (χ0) is 20.6. The molecule has 4 aliphatic carbocycles. The van der Waals surface area contributed by atoms with Crippen LogP contribution >= 0.6 is 0 Å². The Kier molecular flexibility index (Phi) is 4.09. The van der Waals surface area contributed by atoms with Crippen LogP contribution in [0.2, 0.25) is 0 Å². The van der Waals surface area contributed by atoms with E-state index in [2.05, 4.69) is 6.08 Å². The number of allylic oxidation sites excluding steroid dienone is 4. The Morgan fingerprint density at radius 1 is 1.29 bits per heavy atom. The first-order valence-corrected chi connectivity index (χ1v) is 10.0. The molecule has 2 saturated carbocycles. The summed E-state index contributed by atoms with van der Waals surface area (Å²) in [6.07, 6.45) is 4.78. The Bertz CT molecular complexity index is 827. The summed E-state index contributed by atoms with van der Waals surface area (Å²) in [7, 11) is 0. The molecule has 28 heavy (non-hydrogen) atoms. The highest BCUT2D eigenvalue weighted by atomic mass is 16.4. The van der Waals surface area contributed by atoms with Crippen molar-refractivity contribution in [2.45, 2.75) is 58.2 Å². The first-order valence-electron chi connectivity index (χ1n) is 10.0. The topological polar surface area (TPSA) is 112 Å². The Labute approximate surface area is 164 Å². The minimum atomic E-state index is -1.85. The molecule has 0 bridgehead atoms. The Morgan fingerprint density at radius 3 is 2.57 bits per heavy atom. The van der Waals surface area contributed by atoms with Gasteiger partial charge < -0.3 is 20.1 Å². The number of carbonyl (C=O) groups excluding carboxylic acids is 2. The van der Waals surface area contributed by atoms with E-state index in [9.17, 15) is 29.7 Å². The zero-order valence-corrected chi connectivity index (χ0v) is 16.5. The molecule has 6 nitrogen and oxygen atoms in total. The SMILES string of the molecule is CC1=CC2C(C(O)CC3(C)C2CCC3(O)C(=O)O)C2(C)CC(C=O)C(=O)C=C12. The van der Waals surface area contributed by atoms with E-state index in [1.165, 1.54) is 0 Å². The molecule has 152 valence electrons. The molecule has 8 unspecified atom stereocenters. The molecule has 0 aliphatic heterocycles. The second kappa shape index (κ2) is 5.86. The van der Waals surface area contributed by atoms with Crippen LogP contribution in [0.25, 0.3) is 0 Å². The highest BCUT2D eigenvalue weighted by molar-refractivity contribution is 6.03. The van der Waals surface area contributed by atoms with Gasteiger partial charge in [0.05, 0.1) is 12.0 Å². The smallest absolute Gasteiger partial charge is 0.336 e. The van der Waals surface area contributed by atoms with E-state index in [1.54, 1.807) is 13.0 Å². The summed E-state index contributed by atoms with van der Waals surface area (Å²) in [4.78, 5) is 35.7. The van der Waals surface area contributed by atoms with Crippen LogP contribution in [0, 0.1) is 34.5 Å². The first-order chi connectivity index (χ1) is 13.0. The van der Waals surface area contributed by atoms with Crippen molar-refractivity contribution in [3.8, 4) is 0 Å². The lowest BCUT2D eigenvalue weighted by Crippen LogP contribution is -2.61. The molecule has 0 spiro atoms. The minimum absolute atomic E-state index is 0.0809. The van der Waals surface area contributed by atoms with Crippen LogP contribution in [0.4, 0.5) is 0 Å². The van der Waals surface area contributed by atoms with Crippen molar-refractivity contribution in [3.63, 3.8) is 0 Å². The number of fused-ring (bicyclic) bond motifs is 5. The molecule has 3 N–H and O–H groups in total. The number of aldehydes is 1. The van der Waals surface area contributed by atoms with Gasteiger partial charge in [0.25, 0.3) is 0 Å². The minimum Gasteiger partial charge on any atom is -0.479 e. The van der Waals surface area contributed by atoms with Gasteiger partial charge in [0, 0.05) is 11.3 Å². The van der Waals surface area contributed by atoms with Gasteiger partial charge in [-0.15, -0.1) is 0 Å². The summed E-state index contributed by atoms with van der Waals surface area (Å²) in [5.74, 6) is -2.53. The summed E-state index contributed by atoms with van der Waals surface area (Å²) in [6.45, 7) is 5.74. The van der Waals surface area contributed by atoms with Gasteiger partial charge in [-0.3, -0.25) is 4.79 Å². The van der Waals surface area contributed by atoms with Crippen molar-refractivity contribution in [1.29, 1.82) is 0 Å². The van der Waals surface area contributed by atoms with Crippen LogP contribution < -0.4 is 0 Å². The number of aliphatic hydroxyl groups excluding tert-OH is 1. The van der Waals surface area contributed by atoms with E-state index in [1.807, 2.05) is 13.8 Å². The summed E-state index contributed by atoms with van der Waals surface area (Å²) in [5.41, 5.74) is -1.48. The number of aliphatic carboxylic acids is 1. The number of hydrogen-bond donors (Lipinski definition) is 3. The van der Waals surface area contributed by atoms with Gasteiger partial charge in [-0.25, -0.2) is 4.79 Å². The predicted octanol–water partition coefficient (Wildman–Crippen LogP) is 1.90. The molecule has 4 aliphatic rings. The van der Waals surface area contributed by atoms with Gasteiger partial charge in [-0.2, -0.15) is 0 Å². The maximum Gasteiger partial charge on any atom is 0.336 e. The fourth-order valence-corrected chi connectivity index (χ4v) is 7.16. The fraction of sp³-hybridized carbons (Fsp3) is 0.682. The van der Waals surface area contributed by atoms with E-state index < -0.39 is 34.4 Å².